The molecule has 1 fully saturated rings. The summed E-state index contributed by atoms with van der Waals surface area (Å²) >= 11 is 0. The van der Waals surface area contributed by atoms with Gasteiger partial charge in [-0.15, -0.1) is 0 Å². The van der Waals surface area contributed by atoms with Crippen LogP contribution in [0.4, 0.5) is 0 Å². The van der Waals surface area contributed by atoms with Gasteiger partial charge in [0.1, 0.15) is 5.75 Å². The van der Waals surface area contributed by atoms with Crippen LogP contribution in [0, 0.1) is 5.92 Å². The van der Waals surface area contributed by atoms with Crippen molar-refractivity contribution < 1.29 is 9.53 Å². The number of rotatable bonds is 10. The summed E-state index contributed by atoms with van der Waals surface area (Å²) in [7, 11) is 0. The highest BCUT2D eigenvalue weighted by Gasteiger charge is 2.18. The van der Waals surface area contributed by atoms with E-state index in [9.17, 15) is 4.79 Å². The van der Waals surface area contributed by atoms with Gasteiger partial charge in [-0.25, -0.2) is 0 Å². The quantitative estimate of drug-likeness (QED) is 0.366. The van der Waals surface area contributed by atoms with E-state index >= 15 is 0 Å². The lowest BCUT2D eigenvalue weighted by Crippen LogP contribution is -2.39. The first kappa shape index (κ1) is 22.1. The number of likely N-dealkylation sites (tertiary alicyclic amines) is 1. The lowest BCUT2D eigenvalue weighted by atomic mass is 10.1. The van der Waals surface area contributed by atoms with Gasteiger partial charge in [0.25, 0.3) is 0 Å². The lowest BCUT2D eigenvalue weighted by Gasteiger charge is -2.19. The van der Waals surface area contributed by atoms with E-state index in [0.717, 1.165) is 50.8 Å². The highest BCUT2D eigenvalue weighted by molar-refractivity contribution is 5.80. The molecule has 1 aromatic carbocycles. The van der Waals surface area contributed by atoms with E-state index in [4.69, 9.17) is 4.74 Å². The van der Waals surface area contributed by atoms with Gasteiger partial charge >= 0.3 is 0 Å². The molecule has 6 nitrogen and oxygen atoms in total. The Kier molecular flexibility index (Phi) is 9.11. The van der Waals surface area contributed by atoms with Gasteiger partial charge in [-0.3, -0.25) is 9.79 Å². The molecule has 1 aromatic rings. The average Bonchev–Trinajstić information content (AvgIpc) is 3.08. The van der Waals surface area contributed by atoms with Crippen molar-refractivity contribution in [2.75, 3.05) is 32.8 Å². The molecule has 0 bridgehead atoms. The molecule has 1 heterocycles. The first-order chi connectivity index (χ1) is 13.5. The van der Waals surface area contributed by atoms with Crippen molar-refractivity contribution in [2.24, 2.45) is 10.9 Å². The summed E-state index contributed by atoms with van der Waals surface area (Å²) in [5.74, 6) is 2.51. The molecule has 1 aliphatic rings. The van der Waals surface area contributed by atoms with Crippen molar-refractivity contribution in [3.8, 4) is 5.75 Å². The predicted octanol–water partition coefficient (Wildman–Crippen LogP) is 3.35. The molecule has 1 atom stereocenters. The summed E-state index contributed by atoms with van der Waals surface area (Å²) in [6.45, 7) is 12.4. The van der Waals surface area contributed by atoms with Crippen LogP contribution in [0.2, 0.25) is 0 Å². The minimum Gasteiger partial charge on any atom is -0.493 e. The van der Waals surface area contributed by atoms with Gasteiger partial charge in [-0.2, -0.15) is 0 Å². The Bertz CT molecular complexity index is 628. The number of benzene rings is 1. The van der Waals surface area contributed by atoms with Crippen LogP contribution < -0.4 is 15.4 Å². The summed E-state index contributed by atoms with van der Waals surface area (Å²) in [4.78, 5) is 18.3. The molecule has 1 saturated heterocycles. The standard InChI is InChI=1S/C22H36N4O2/c1-5-23-22(24-13-7-15-26-14-6-8-21(26)27)25-18(4)19-9-11-20(12-10-19)28-16-17(2)3/h9-12,17-18H,5-8,13-16H2,1-4H3,(H2,23,24,25). The molecule has 156 valence electrons. The van der Waals surface area contributed by atoms with Gasteiger partial charge in [0, 0.05) is 32.6 Å². The number of ether oxygens (including phenoxy) is 1. The summed E-state index contributed by atoms with van der Waals surface area (Å²) in [5, 5.41) is 6.76. The number of nitrogens with one attached hydrogen (secondary N) is 2. The third-order valence-electron chi connectivity index (χ3n) is 4.69. The number of amides is 1. The molecule has 0 radical (unpaired) electrons. The molecule has 2 N–H and O–H groups in total. The normalized spacial score (nSPS) is 15.8. The van der Waals surface area contributed by atoms with Crippen LogP contribution in [0.25, 0.3) is 0 Å². The van der Waals surface area contributed by atoms with Crippen LogP contribution >= 0.6 is 0 Å². The van der Waals surface area contributed by atoms with E-state index in [1.165, 1.54) is 5.56 Å². The molecule has 0 aliphatic carbocycles. The van der Waals surface area contributed by atoms with E-state index in [1.807, 2.05) is 17.0 Å². The van der Waals surface area contributed by atoms with Gasteiger partial charge in [0.05, 0.1) is 12.6 Å². The Morgan fingerprint density at radius 1 is 1.25 bits per heavy atom. The Labute approximate surface area is 169 Å². The number of nitrogens with zero attached hydrogens (tertiary/aromatic N) is 2. The maximum Gasteiger partial charge on any atom is 0.222 e. The zero-order valence-corrected chi connectivity index (χ0v) is 17.8. The minimum absolute atomic E-state index is 0.136. The largest absolute Gasteiger partial charge is 0.493 e. The van der Waals surface area contributed by atoms with Crippen molar-refractivity contribution in [1.29, 1.82) is 0 Å². The zero-order valence-electron chi connectivity index (χ0n) is 17.8. The van der Waals surface area contributed by atoms with Crippen LogP contribution in [0.5, 0.6) is 5.75 Å². The van der Waals surface area contributed by atoms with E-state index < -0.39 is 0 Å². The first-order valence-corrected chi connectivity index (χ1v) is 10.5. The molecule has 0 saturated carbocycles. The van der Waals surface area contributed by atoms with Gasteiger partial charge in [-0.1, -0.05) is 26.0 Å². The fourth-order valence-corrected chi connectivity index (χ4v) is 3.12. The zero-order chi connectivity index (χ0) is 20.4. The second kappa shape index (κ2) is 11.6. The Balaban J connectivity index is 1.83. The summed E-state index contributed by atoms with van der Waals surface area (Å²) in [6.07, 6.45) is 2.58. The number of aliphatic imine (C=N–C) groups is 1. The van der Waals surface area contributed by atoms with Crippen molar-refractivity contribution in [3.05, 3.63) is 29.8 Å². The van der Waals surface area contributed by atoms with Crippen molar-refractivity contribution >= 4 is 11.9 Å². The second-order valence-corrected chi connectivity index (χ2v) is 7.74. The lowest BCUT2D eigenvalue weighted by molar-refractivity contribution is -0.127. The van der Waals surface area contributed by atoms with Crippen LogP contribution in [-0.4, -0.2) is 49.6 Å². The maximum atomic E-state index is 11.7. The summed E-state index contributed by atoms with van der Waals surface area (Å²) in [6, 6.07) is 8.36. The van der Waals surface area contributed by atoms with Gasteiger partial charge in [0.15, 0.2) is 5.96 Å². The molecule has 6 heteroatoms. The monoisotopic (exact) mass is 388 g/mol. The van der Waals surface area contributed by atoms with E-state index in [2.05, 4.69) is 55.5 Å². The highest BCUT2D eigenvalue weighted by Crippen LogP contribution is 2.18. The molecule has 2 rings (SSSR count). The molecule has 1 amide bonds. The van der Waals surface area contributed by atoms with Crippen molar-refractivity contribution in [2.45, 2.75) is 53.0 Å². The molecule has 28 heavy (non-hydrogen) atoms. The third-order valence-corrected chi connectivity index (χ3v) is 4.69. The Morgan fingerprint density at radius 3 is 2.61 bits per heavy atom. The van der Waals surface area contributed by atoms with Crippen LogP contribution in [0.15, 0.2) is 29.3 Å². The van der Waals surface area contributed by atoms with E-state index in [1.54, 1.807) is 0 Å². The number of guanidine groups is 1. The predicted molar refractivity (Wildman–Crippen MR) is 115 cm³/mol. The van der Waals surface area contributed by atoms with Crippen LogP contribution in [0.3, 0.4) is 0 Å². The molecule has 0 aromatic heterocycles. The van der Waals surface area contributed by atoms with Gasteiger partial charge in [0.2, 0.25) is 5.91 Å². The SMILES string of the molecule is CCNC(=NCCCN1CCCC1=O)NC(C)c1ccc(OCC(C)C)cc1. The minimum atomic E-state index is 0.136. The van der Waals surface area contributed by atoms with Gasteiger partial charge in [-0.05, 0) is 50.3 Å². The topological polar surface area (TPSA) is 66.0 Å². The van der Waals surface area contributed by atoms with Crippen LogP contribution in [-0.2, 0) is 4.79 Å². The average molecular weight is 389 g/mol. The molecular weight excluding hydrogens is 352 g/mol. The first-order valence-electron chi connectivity index (χ1n) is 10.5. The summed E-state index contributed by atoms with van der Waals surface area (Å²) < 4.78 is 5.75. The smallest absolute Gasteiger partial charge is 0.222 e. The molecule has 0 spiro atoms. The number of hydrogen-bond donors (Lipinski definition) is 2. The van der Waals surface area contributed by atoms with Crippen molar-refractivity contribution in [1.82, 2.24) is 15.5 Å². The fourth-order valence-electron chi connectivity index (χ4n) is 3.12. The Hall–Kier alpha value is -2.24. The van der Waals surface area contributed by atoms with E-state index in [0.29, 0.717) is 18.9 Å². The van der Waals surface area contributed by atoms with Crippen molar-refractivity contribution in [3.63, 3.8) is 0 Å². The highest BCUT2D eigenvalue weighted by atomic mass is 16.5. The number of carbonyl (C=O) groups is 1. The maximum absolute atomic E-state index is 11.7. The van der Waals surface area contributed by atoms with Gasteiger partial charge < -0.3 is 20.3 Å². The fraction of sp³-hybridized carbons (Fsp3) is 0.636. The molecule has 1 aliphatic heterocycles. The van der Waals surface area contributed by atoms with E-state index in [-0.39, 0.29) is 11.9 Å². The number of hydrogen-bond acceptors (Lipinski definition) is 3. The molecule has 1 unspecified atom stereocenters. The molecular formula is C22H36N4O2. The Morgan fingerprint density at radius 2 is 2.00 bits per heavy atom. The van der Waals surface area contributed by atoms with Crippen LogP contribution in [0.1, 0.15) is 58.6 Å². The third kappa shape index (κ3) is 7.41. The summed E-state index contributed by atoms with van der Waals surface area (Å²) in [5.41, 5.74) is 1.19. The number of carbonyl (C=O) groups excluding carboxylic acids is 1. The second-order valence-electron chi connectivity index (χ2n) is 7.74.